The summed E-state index contributed by atoms with van der Waals surface area (Å²) in [6.07, 6.45) is 0.924. The van der Waals surface area contributed by atoms with Gasteiger partial charge >= 0.3 is 0 Å². The van der Waals surface area contributed by atoms with Crippen LogP contribution >= 0.6 is 0 Å². The summed E-state index contributed by atoms with van der Waals surface area (Å²) in [5, 5.41) is 10.5. The molecule has 1 aliphatic rings. The second-order valence-corrected chi connectivity index (χ2v) is 5.06. The molecule has 2 heterocycles. The Morgan fingerprint density at radius 1 is 1.30 bits per heavy atom. The molecule has 20 heavy (non-hydrogen) atoms. The number of methoxy groups -OCH3 is 1. The smallest absolute Gasteiger partial charge is 0.270 e. The second kappa shape index (κ2) is 5.17. The Bertz CT molecular complexity index is 648. The third-order valence-corrected chi connectivity index (χ3v) is 3.77. The lowest BCUT2D eigenvalue weighted by Crippen LogP contribution is -2.33. The van der Waals surface area contributed by atoms with E-state index in [1.807, 2.05) is 21.6 Å². The van der Waals surface area contributed by atoms with Gasteiger partial charge in [0.1, 0.15) is 11.4 Å². The van der Waals surface area contributed by atoms with Gasteiger partial charge < -0.3 is 19.3 Å². The van der Waals surface area contributed by atoms with Crippen LogP contribution < -0.4 is 0 Å². The minimum atomic E-state index is 0.0373. The third kappa shape index (κ3) is 2.14. The van der Waals surface area contributed by atoms with Gasteiger partial charge in [-0.2, -0.15) is 0 Å². The van der Waals surface area contributed by atoms with E-state index in [0.29, 0.717) is 18.8 Å². The summed E-state index contributed by atoms with van der Waals surface area (Å²) in [5.41, 5.74) is 1.69. The van der Waals surface area contributed by atoms with Crippen LogP contribution in [0, 0.1) is 0 Å². The molecule has 1 aliphatic heterocycles. The SMILES string of the molecule is COCCN1CCCn2c(cc3cc(O)ccc32)C1=O. The highest BCUT2D eigenvalue weighted by atomic mass is 16.5. The van der Waals surface area contributed by atoms with Crippen molar-refractivity contribution >= 4 is 16.8 Å². The van der Waals surface area contributed by atoms with Crippen LogP contribution in [0.3, 0.4) is 0 Å². The summed E-state index contributed by atoms with van der Waals surface area (Å²) in [5.74, 6) is 0.261. The molecule has 5 heteroatoms. The minimum Gasteiger partial charge on any atom is -0.508 e. The van der Waals surface area contributed by atoms with Crippen LogP contribution in [-0.4, -0.2) is 47.3 Å². The van der Waals surface area contributed by atoms with E-state index in [1.165, 1.54) is 0 Å². The molecule has 0 spiro atoms. The normalized spacial score (nSPS) is 15.4. The molecule has 0 saturated heterocycles. The third-order valence-electron chi connectivity index (χ3n) is 3.77. The predicted molar refractivity (Wildman–Crippen MR) is 76.0 cm³/mol. The maximum absolute atomic E-state index is 12.6. The summed E-state index contributed by atoms with van der Waals surface area (Å²) >= 11 is 0. The van der Waals surface area contributed by atoms with E-state index in [0.717, 1.165) is 30.4 Å². The molecule has 0 radical (unpaired) electrons. The number of aromatic nitrogens is 1. The first-order valence-electron chi connectivity index (χ1n) is 6.81. The molecular weight excluding hydrogens is 256 g/mol. The summed E-state index contributed by atoms with van der Waals surface area (Å²) in [6.45, 7) is 2.73. The standard InChI is InChI=1S/C15H18N2O3/c1-20-8-7-16-5-2-6-17-13-4-3-12(18)9-11(13)10-14(17)15(16)19/h3-4,9-10,18H,2,5-8H2,1H3. The summed E-state index contributed by atoms with van der Waals surface area (Å²) in [6, 6.07) is 7.09. The van der Waals surface area contributed by atoms with Crippen LogP contribution in [0.5, 0.6) is 5.75 Å². The topological polar surface area (TPSA) is 54.7 Å². The van der Waals surface area contributed by atoms with Crippen LogP contribution in [0.2, 0.25) is 0 Å². The molecule has 0 aliphatic carbocycles. The number of aryl methyl sites for hydroxylation is 1. The zero-order valence-electron chi connectivity index (χ0n) is 11.5. The molecule has 5 nitrogen and oxygen atoms in total. The molecule has 106 valence electrons. The molecule has 0 saturated carbocycles. The van der Waals surface area contributed by atoms with Crippen LogP contribution in [-0.2, 0) is 11.3 Å². The summed E-state index contributed by atoms with van der Waals surface area (Å²) in [4.78, 5) is 14.4. The molecule has 1 amide bonds. The Hall–Kier alpha value is -2.01. The maximum atomic E-state index is 12.6. The highest BCUT2D eigenvalue weighted by Gasteiger charge is 2.24. The van der Waals surface area contributed by atoms with E-state index < -0.39 is 0 Å². The molecule has 0 bridgehead atoms. The number of benzene rings is 1. The van der Waals surface area contributed by atoms with E-state index in [1.54, 1.807) is 19.2 Å². The molecular formula is C15H18N2O3. The molecule has 1 aromatic heterocycles. The average Bonchev–Trinajstić information content (AvgIpc) is 2.72. The fourth-order valence-electron chi connectivity index (χ4n) is 2.77. The molecule has 1 aromatic carbocycles. The lowest BCUT2D eigenvalue weighted by molar-refractivity contribution is 0.0699. The Morgan fingerprint density at radius 3 is 2.95 bits per heavy atom. The average molecular weight is 274 g/mol. The molecule has 0 fully saturated rings. The van der Waals surface area contributed by atoms with Crippen molar-refractivity contribution in [1.29, 1.82) is 0 Å². The van der Waals surface area contributed by atoms with Gasteiger partial charge in [-0.05, 0) is 30.7 Å². The van der Waals surface area contributed by atoms with Crippen molar-refractivity contribution < 1.29 is 14.6 Å². The molecule has 0 atom stereocenters. The number of phenolic OH excluding ortho intramolecular Hbond substituents is 1. The van der Waals surface area contributed by atoms with Gasteiger partial charge in [-0.25, -0.2) is 0 Å². The number of aromatic hydroxyl groups is 1. The van der Waals surface area contributed by atoms with Crippen molar-refractivity contribution in [3.63, 3.8) is 0 Å². The second-order valence-electron chi connectivity index (χ2n) is 5.06. The van der Waals surface area contributed by atoms with Gasteiger partial charge in [-0.3, -0.25) is 4.79 Å². The number of fused-ring (bicyclic) bond motifs is 3. The van der Waals surface area contributed by atoms with Crippen molar-refractivity contribution in [2.24, 2.45) is 0 Å². The van der Waals surface area contributed by atoms with Crippen LogP contribution in [0.1, 0.15) is 16.9 Å². The summed E-state index contributed by atoms with van der Waals surface area (Å²) in [7, 11) is 1.64. The number of rotatable bonds is 3. The number of carbonyl (C=O) groups excluding carboxylic acids is 1. The fraction of sp³-hybridized carbons (Fsp3) is 0.400. The first-order valence-corrected chi connectivity index (χ1v) is 6.81. The van der Waals surface area contributed by atoms with Gasteiger partial charge in [0.15, 0.2) is 0 Å². The largest absolute Gasteiger partial charge is 0.508 e. The molecule has 1 N–H and O–H groups in total. The number of ether oxygens (including phenoxy) is 1. The first kappa shape index (κ1) is 13.0. The monoisotopic (exact) mass is 274 g/mol. The summed E-state index contributed by atoms with van der Waals surface area (Å²) < 4.78 is 7.11. The molecule has 2 aromatic rings. The zero-order chi connectivity index (χ0) is 14.1. The van der Waals surface area contributed by atoms with Crippen LogP contribution in [0.4, 0.5) is 0 Å². The Balaban J connectivity index is 2.02. The van der Waals surface area contributed by atoms with Gasteiger partial charge in [0.2, 0.25) is 0 Å². The number of carbonyl (C=O) groups is 1. The Morgan fingerprint density at radius 2 is 2.15 bits per heavy atom. The Kier molecular flexibility index (Phi) is 3.36. The van der Waals surface area contributed by atoms with Crippen molar-refractivity contribution in [2.75, 3.05) is 26.8 Å². The van der Waals surface area contributed by atoms with Crippen LogP contribution in [0.25, 0.3) is 10.9 Å². The minimum absolute atomic E-state index is 0.0373. The van der Waals surface area contributed by atoms with E-state index in [9.17, 15) is 9.90 Å². The lowest BCUT2D eigenvalue weighted by Gasteiger charge is -2.19. The van der Waals surface area contributed by atoms with Crippen molar-refractivity contribution in [1.82, 2.24) is 9.47 Å². The highest BCUT2D eigenvalue weighted by molar-refractivity contribution is 5.99. The first-order chi connectivity index (χ1) is 9.70. The Labute approximate surface area is 117 Å². The van der Waals surface area contributed by atoms with Crippen molar-refractivity contribution in [3.05, 3.63) is 30.0 Å². The van der Waals surface area contributed by atoms with Gasteiger partial charge in [0.25, 0.3) is 5.91 Å². The van der Waals surface area contributed by atoms with E-state index in [2.05, 4.69) is 0 Å². The maximum Gasteiger partial charge on any atom is 0.270 e. The highest BCUT2D eigenvalue weighted by Crippen LogP contribution is 2.26. The van der Waals surface area contributed by atoms with Gasteiger partial charge in [0.05, 0.1) is 6.61 Å². The van der Waals surface area contributed by atoms with Gasteiger partial charge in [-0.15, -0.1) is 0 Å². The lowest BCUT2D eigenvalue weighted by atomic mass is 10.2. The molecule has 3 rings (SSSR count). The molecule has 0 unspecified atom stereocenters. The van der Waals surface area contributed by atoms with E-state index in [4.69, 9.17) is 4.74 Å². The van der Waals surface area contributed by atoms with Gasteiger partial charge in [-0.1, -0.05) is 0 Å². The zero-order valence-corrected chi connectivity index (χ0v) is 11.5. The van der Waals surface area contributed by atoms with Gasteiger partial charge in [0, 0.05) is 37.6 Å². The number of phenols is 1. The van der Waals surface area contributed by atoms with E-state index >= 15 is 0 Å². The number of hydrogen-bond acceptors (Lipinski definition) is 3. The fourth-order valence-corrected chi connectivity index (χ4v) is 2.77. The number of hydrogen-bond donors (Lipinski definition) is 1. The number of nitrogens with zero attached hydrogens (tertiary/aromatic N) is 2. The van der Waals surface area contributed by atoms with Crippen molar-refractivity contribution in [3.8, 4) is 5.75 Å². The van der Waals surface area contributed by atoms with Crippen molar-refractivity contribution in [2.45, 2.75) is 13.0 Å². The van der Waals surface area contributed by atoms with E-state index in [-0.39, 0.29) is 11.7 Å². The number of amides is 1. The quantitative estimate of drug-likeness (QED) is 0.929. The predicted octanol–water partition coefficient (Wildman–Crippen LogP) is 1.84. The van der Waals surface area contributed by atoms with Crippen LogP contribution in [0.15, 0.2) is 24.3 Å².